The molecule has 0 fully saturated rings. The number of para-hydroxylation sites is 1. The second-order valence-corrected chi connectivity index (χ2v) is 9.12. The number of anilines is 1. The van der Waals surface area contributed by atoms with Gasteiger partial charge in [0.2, 0.25) is 4.96 Å². The van der Waals surface area contributed by atoms with E-state index in [9.17, 15) is 9.59 Å². The average molecular weight is 494 g/mol. The van der Waals surface area contributed by atoms with Crippen LogP contribution in [0.3, 0.4) is 0 Å². The largest absolute Gasteiger partial charge is 0.422 e. The first-order valence-electron chi connectivity index (χ1n) is 11.4. The van der Waals surface area contributed by atoms with Gasteiger partial charge in [-0.15, -0.1) is 10.2 Å². The molecule has 9 heteroatoms. The summed E-state index contributed by atoms with van der Waals surface area (Å²) >= 11 is 1.46. The van der Waals surface area contributed by atoms with Crippen molar-refractivity contribution in [3.8, 4) is 21.7 Å². The van der Waals surface area contributed by atoms with Gasteiger partial charge in [0.15, 0.2) is 5.82 Å². The molecule has 0 saturated carbocycles. The van der Waals surface area contributed by atoms with Crippen molar-refractivity contribution < 1.29 is 9.21 Å². The fraction of sp³-hybridized carbons (Fsp3) is 0.0741. The minimum absolute atomic E-state index is 0.277. The first-order chi connectivity index (χ1) is 17.6. The Labute approximate surface area is 208 Å². The van der Waals surface area contributed by atoms with E-state index in [2.05, 4.69) is 20.6 Å². The number of rotatable bonds is 5. The van der Waals surface area contributed by atoms with Crippen LogP contribution >= 0.6 is 11.3 Å². The monoisotopic (exact) mass is 493 g/mol. The molecule has 1 amide bonds. The fourth-order valence-corrected chi connectivity index (χ4v) is 4.85. The van der Waals surface area contributed by atoms with Crippen LogP contribution in [0, 0.1) is 0 Å². The molecule has 0 atom stereocenters. The van der Waals surface area contributed by atoms with Gasteiger partial charge in [0, 0.05) is 28.6 Å². The fourth-order valence-electron chi connectivity index (χ4n) is 3.99. The van der Waals surface area contributed by atoms with Gasteiger partial charge in [-0.05, 0) is 54.1 Å². The predicted octanol–water partition coefficient (Wildman–Crippen LogP) is 5.44. The number of nitrogens with one attached hydrogen (secondary N) is 1. The molecular formula is C27H19N5O3S. The Morgan fingerprint density at radius 2 is 1.81 bits per heavy atom. The quantitative estimate of drug-likeness (QED) is 0.321. The molecule has 36 heavy (non-hydrogen) atoms. The molecule has 0 aliphatic carbocycles. The van der Waals surface area contributed by atoms with Crippen LogP contribution in [0.5, 0.6) is 0 Å². The Balaban J connectivity index is 1.23. The maximum Gasteiger partial charge on any atom is 0.344 e. The molecule has 176 valence electrons. The van der Waals surface area contributed by atoms with Gasteiger partial charge in [0.25, 0.3) is 5.91 Å². The molecule has 0 aliphatic heterocycles. The van der Waals surface area contributed by atoms with E-state index in [1.54, 1.807) is 40.9 Å². The number of carbonyl (C=O) groups is 1. The van der Waals surface area contributed by atoms with Crippen LogP contribution in [0.4, 0.5) is 5.69 Å². The summed E-state index contributed by atoms with van der Waals surface area (Å²) in [4.78, 5) is 26.3. The Morgan fingerprint density at radius 1 is 0.972 bits per heavy atom. The van der Waals surface area contributed by atoms with Crippen LogP contribution < -0.4 is 10.9 Å². The van der Waals surface area contributed by atoms with E-state index in [1.807, 2.05) is 49.4 Å². The van der Waals surface area contributed by atoms with Crippen molar-refractivity contribution in [1.29, 1.82) is 0 Å². The van der Waals surface area contributed by atoms with Crippen molar-refractivity contribution in [1.82, 2.24) is 19.8 Å². The van der Waals surface area contributed by atoms with Crippen LogP contribution in [0.1, 0.15) is 23.1 Å². The highest BCUT2D eigenvalue weighted by atomic mass is 32.1. The number of fused-ring (bicyclic) bond motifs is 2. The highest BCUT2D eigenvalue weighted by Gasteiger charge is 2.14. The van der Waals surface area contributed by atoms with Gasteiger partial charge in [-0.3, -0.25) is 4.79 Å². The first-order valence-corrected chi connectivity index (χ1v) is 12.2. The zero-order valence-electron chi connectivity index (χ0n) is 19.1. The van der Waals surface area contributed by atoms with Crippen molar-refractivity contribution >= 4 is 38.9 Å². The number of benzene rings is 3. The lowest BCUT2D eigenvalue weighted by atomic mass is 10.0. The number of aromatic nitrogens is 4. The molecule has 3 aromatic heterocycles. The predicted molar refractivity (Wildman–Crippen MR) is 139 cm³/mol. The van der Waals surface area contributed by atoms with Gasteiger partial charge in [-0.2, -0.15) is 9.61 Å². The maximum absolute atomic E-state index is 13.0. The number of hydrogen-bond acceptors (Lipinski definition) is 7. The molecule has 8 nitrogen and oxygen atoms in total. The normalized spacial score (nSPS) is 11.2. The summed E-state index contributed by atoms with van der Waals surface area (Å²) in [6.45, 7) is 2.01. The van der Waals surface area contributed by atoms with Crippen molar-refractivity contribution in [2.45, 2.75) is 13.3 Å². The molecule has 1 N–H and O–H groups in total. The molecule has 0 bridgehead atoms. The minimum Gasteiger partial charge on any atom is -0.422 e. The van der Waals surface area contributed by atoms with Crippen LogP contribution in [0.15, 0.2) is 88.1 Å². The van der Waals surface area contributed by atoms with Crippen LogP contribution in [-0.4, -0.2) is 25.7 Å². The molecule has 6 rings (SSSR count). The number of aryl methyl sites for hydroxylation is 1. The molecule has 0 spiro atoms. The summed E-state index contributed by atoms with van der Waals surface area (Å²) < 4.78 is 7.21. The van der Waals surface area contributed by atoms with E-state index >= 15 is 0 Å². The molecule has 0 unspecified atom stereocenters. The Bertz CT molecular complexity index is 1800. The van der Waals surface area contributed by atoms with E-state index in [4.69, 9.17) is 4.42 Å². The molecule has 0 radical (unpaired) electrons. The lowest BCUT2D eigenvalue weighted by molar-refractivity contribution is 0.102. The lowest BCUT2D eigenvalue weighted by Gasteiger charge is -2.08. The standard InChI is InChI=1S/C27H19N5O3S/c1-2-23-29-30-27-32(23)31-25(36-27)16-10-12-20(13-11-16)28-24(33)19-8-5-7-17(14-19)21-15-18-6-3-4-9-22(18)35-26(21)34/h3-15H,2H2,1H3,(H,28,33). The van der Waals surface area contributed by atoms with Crippen LogP contribution in [-0.2, 0) is 6.42 Å². The number of nitrogens with zero attached hydrogens (tertiary/aromatic N) is 4. The van der Waals surface area contributed by atoms with Gasteiger partial charge in [0.1, 0.15) is 10.6 Å². The third kappa shape index (κ3) is 3.95. The molecule has 0 saturated heterocycles. The SMILES string of the molecule is CCc1nnc2sc(-c3ccc(NC(=O)c4cccc(-c5cc6ccccc6oc5=O)c4)cc3)nn12. The smallest absolute Gasteiger partial charge is 0.344 e. The van der Waals surface area contributed by atoms with Gasteiger partial charge in [-0.25, -0.2) is 4.79 Å². The van der Waals surface area contributed by atoms with Gasteiger partial charge >= 0.3 is 5.63 Å². The van der Waals surface area contributed by atoms with E-state index in [0.717, 1.165) is 33.2 Å². The summed E-state index contributed by atoms with van der Waals surface area (Å²) in [6.07, 6.45) is 0.752. The zero-order chi connectivity index (χ0) is 24.6. The van der Waals surface area contributed by atoms with Gasteiger partial charge < -0.3 is 9.73 Å². The van der Waals surface area contributed by atoms with Crippen LogP contribution in [0.2, 0.25) is 0 Å². The Morgan fingerprint density at radius 3 is 2.64 bits per heavy atom. The summed E-state index contributed by atoms with van der Waals surface area (Å²) in [5.41, 5.74) is 3.12. The van der Waals surface area contributed by atoms with E-state index in [-0.39, 0.29) is 5.91 Å². The molecular weight excluding hydrogens is 474 g/mol. The second kappa shape index (κ2) is 8.86. The Kier molecular flexibility index (Phi) is 5.38. The molecule has 3 heterocycles. The summed E-state index contributed by atoms with van der Waals surface area (Å²) in [6, 6.07) is 23.5. The lowest BCUT2D eigenvalue weighted by Crippen LogP contribution is -2.12. The van der Waals surface area contributed by atoms with E-state index in [0.29, 0.717) is 28.0 Å². The topological polar surface area (TPSA) is 102 Å². The van der Waals surface area contributed by atoms with Crippen molar-refractivity contribution in [3.05, 3.63) is 101 Å². The number of carbonyl (C=O) groups excluding carboxylic acids is 1. The van der Waals surface area contributed by atoms with Gasteiger partial charge in [-0.1, -0.05) is 48.6 Å². The molecule has 3 aromatic carbocycles. The highest BCUT2D eigenvalue weighted by molar-refractivity contribution is 7.19. The first kappa shape index (κ1) is 21.9. The third-order valence-corrected chi connectivity index (χ3v) is 6.79. The van der Waals surface area contributed by atoms with Crippen molar-refractivity contribution in [3.63, 3.8) is 0 Å². The van der Waals surface area contributed by atoms with Crippen LogP contribution in [0.25, 0.3) is 37.6 Å². The van der Waals surface area contributed by atoms with Crippen molar-refractivity contribution in [2.75, 3.05) is 5.32 Å². The van der Waals surface area contributed by atoms with Gasteiger partial charge in [0.05, 0.1) is 5.56 Å². The highest BCUT2D eigenvalue weighted by Crippen LogP contribution is 2.27. The number of amides is 1. The minimum atomic E-state index is -0.446. The van der Waals surface area contributed by atoms with E-state index < -0.39 is 5.63 Å². The van der Waals surface area contributed by atoms with Crippen molar-refractivity contribution in [2.24, 2.45) is 0 Å². The molecule has 0 aliphatic rings. The summed E-state index contributed by atoms with van der Waals surface area (Å²) in [5, 5.41) is 17.4. The average Bonchev–Trinajstić information content (AvgIpc) is 3.50. The van der Waals surface area contributed by atoms with E-state index in [1.165, 1.54) is 11.3 Å². The zero-order valence-corrected chi connectivity index (χ0v) is 20.0. The third-order valence-electron chi connectivity index (χ3n) is 5.84. The second-order valence-electron chi connectivity index (χ2n) is 8.17. The summed E-state index contributed by atoms with van der Waals surface area (Å²) in [5.74, 6) is 0.543. The summed E-state index contributed by atoms with van der Waals surface area (Å²) in [7, 11) is 0. The Hall–Kier alpha value is -4.63. The molecule has 6 aromatic rings. The number of hydrogen-bond donors (Lipinski definition) is 1. The maximum atomic E-state index is 13.0.